The normalized spacial score (nSPS) is 24.4. The Labute approximate surface area is 159 Å². The minimum atomic E-state index is -4.61. The molecule has 0 aromatic heterocycles. The van der Waals surface area contributed by atoms with Crippen molar-refractivity contribution in [3.05, 3.63) is 29.6 Å². The van der Waals surface area contributed by atoms with E-state index in [1.54, 1.807) is 0 Å². The van der Waals surface area contributed by atoms with E-state index in [4.69, 9.17) is 20.3 Å². The average Bonchev–Trinajstić information content (AvgIpc) is 2.61. The van der Waals surface area contributed by atoms with Crippen molar-refractivity contribution in [2.75, 3.05) is 19.7 Å². The van der Waals surface area contributed by atoms with Crippen LogP contribution in [0.1, 0.15) is 31.2 Å². The van der Waals surface area contributed by atoms with Gasteiger partial charge in [0.05, 0.1) is 23.8 Å². The Bertz CT molecular complexity index is 714. The van der Waals surface area contributed by atoms with Crippen molar-refractivity contribution in [3.8, 4) is 5.75 Å². The minimum absolute atomic E-state index is 0.209. The Morgan fingerprint density at radius 3 is 2.36 bits per heavy atom. The van der Waals surface area contributed by atoms with E-state index in [-0.39, 0.29) is 37.7 Å². The second-order valence-corrected chi connectivity index (χ2v) is 7.42. The third-order valence-corrected chi connectivity index (χ3v) is 5.03. The van der Waals surface area contributed by atoms with Crippen LogP contribution in [0.15, 0.2) is 18.2 Å². The number of nitrogens with zero attached hydrogens (tertiary/aromatic N) is 1. The third kappa shape index (κ3) is 4.67. The lowest BCUT2D eigenvalue weighted by atomic mass is 9.92. The Balaban J connectivity index is 1.45. The highest BCUT2D eigenvalue weighted by Crippen LogP contribution is 2.33. The molecule has 1 saturated heterocycles. The van der Waals surface area contributed by atoms with Gasteiger partial charge in [0.2, 0.25) is 0 Å². The summed E-state index contributed by atoms with van der Waals surface area (Å²) in [7, 11) is 0. The van der Waals surface area contributed by atoms with E-state index in [1.807, 2.05) is 0 Å². The maximum absolute atomic E-state index is 13.9. The van der Waals surface area contributed by atoms with E-state index in [0.717, 1.165) is 12.1 Å². The van der Waals surface area contributed by atoms with E-state index < -0.39 is 29.2 Å². The fourth-order valence-corrected chi connectivity index (χ4v) is 3.38. The largest absolute Gasteiger partial charge is 0.487 e. The van der Waals surface area contributed by atoms with Crippen LogP contribution in [0.4, 0.5) is 22.4 Å². The number of likely N-dealkylation sites (tertiary alicyclic amines) is 1. The number of carbonyl (C=O) groups is 1. The third-order valence-electron chi connectivity index (χ3n) is 5.03. The highest BCUT2D eigenvalue weighted by Gasteiger charge is 2.43. The SMILES string of the molecule is NC1(CO)CN(C(=O)OC2CCC(Oc3ccc(C(F)(F)F)cc3F)CC2)C1. The minimum Gasteiger partial charge on any atom is -0.487 e. The summed E-state index contributed by atoms with van der Waals surface area (Å²) < 4.78 is 62.5. The van der Waals surface area contributed by atoms with E-state index in [1.165, 1.54) is 4.90 Å². The van der Waals surface area contributed by atoms with Crippen LogP contribution in [-0.2, 0) is 10.9 Å². The summed E-state index contributed by atoms with van der Waals surface area (Å²) in [6.07, 6.45) is -3.82. The molecule has 1 saturated carbocycles. The number of amides is 1. The smallest absolute Gasteiger partial charge is 0.416 e. The molecule has 0 spiro atoms. The van der Waals surface area contributed by atoms with Crippen molar-refractivity contribution in [3.63, 3.8) is 0 Å². The molecule has 28 heavy (non-hydrogen) atoms. The zero-order chi connectivity index (χ0) is 20.5. The lowest BCUT2D eigenvalue weighted by Crippen LogP contribution is -2.70. The zero-order valence-electron chi connectivity index (χ0n) is 15.0. The number of halogens is 4. The molecule has 2 aliphatic rings. The van der Waals surface area contributed by atoms with Crippen LogP contribution >= 0.6 is 0 Å². The van der Waals surface area contributed by atoms with Crippen molar-refractivity contribution in [1.82, 2.24) is 4.90 Å². The Morgan fingerprint density at radius 2 is 1.82 bits per heavy atom. The Morgan fingerprint density at radius 1 is 1.21 bits per heavy atom. The van der Waals surface area contributed by atoms with Gasteiger partial charge in [0.15, 0.2) is 11.6 Å². The van der Waals surface area contributed by atoms with Crippen molar-refractivity contribution in [2.45, 2.75) is 49.6 Å². The van der Waals surface area contributed by atoms with Gasteiger partial charge in [0.1, 0.15) is 6.10 Å². The molecule has 0 unspecified atom stereocenters. The second-order valence-electron chi connectivity index (χ2n) is 7.42. The Kier molecular flexibility index (Phi) is 5.72. The van der Waals surface area contributed by atoms with E-state index in [9.17, 15) is 22.4 Å². The first-order chi connectivity index (χ1) is 13.1. The molecule has 6 nitrogen and oxygen atoms in total. The molecule has 10 heteroatoms. The number of ether oxygens (including phenoxy) is 2. The molecule has 1 aromatic carbocycles. The molecule has 156 valence electrons. The summed E-state index contributed by atoms with van der Waals surface area (Å²) in [4.78, 5) is 13.4. The van der Waals surface area contributed by atoms with Gasteiger partial charge in [-0.1, -0.05) is 0 Å². The summed E-state index contributed by atoms with van der Waals surface area (Å²) >= 11 is 0. The molecule has 1 amide bonds. The van der Waals surface area contributed by atoms with Crippen molar-refractivity contribution in [2.24, 2.45) is 5.73 Å². The summed E-state index contributed by atoms with van der Waals surface area (Å²) in [6.45, 7) is 0.252. The number of rotatable bonds is 4. The molecular formula is C18H22F4N2O4. The molecule has 2 fully saturated rings. The molecule has 0 atom stereocenters. The van der Waals surface area contributed by atoms with Crippen molar-refractivity contribution in [1.29, 1.82) is 0 Å². The van der Waals surface area contributed by atoms with Crippen LogP contribution in [0.25, 0.3) is 0 Å². The molecule has 1 aromatic rings. The summed E-state index contributed by atoms with van der Waals surface area (Å²) in [6, 6.07) is 2.18. The topological polar surface area (TPSA) is 85.0 Å². The highest BCUT2D eigenvalue weighted by atomic mass is 19.4. The van der Waals surface area contributed by atoms with Crippen LogP contribution in [0.3, 0.4) is 0 Å². The van der Waals surface area contributed by atoms with Crippen molar-refractivity contribution >= 4 is 6.09 Å². The first kappa shape index (κ1) is 20.7. The maximum atomic E-state index is 13.9. The van der Waals surface area contributed by atoms with Gasteiger partial charge in [0.25, 0.3) is 0 Å². The van der Waals surface area contributed by atoms with Crippen LogP contribution in [0, 0.1) is 5.82 Å². The average molecular weight is 406 g/mol. The van der Waals surface area contributed by atoms with Crippen molar-refractivity contribution < 1.29 is 36.9 Å². The fourth-order valence-electron chi connectivity index (χ4n) is 3.38. The molecule has 3 rings (SSSR count). The molecule has 1 aliphatic carbocycles. The standard InChI is InChI=1S/C18H22F4N2O4/c19-14-7-11(18(20,21)22)1-6-15(14)27-12-2-4-13(5-3-12)28-16(26)24-8-17(23,9-24)10-25/h1,6-7,12-13,25H,2-5,8-10,23H2. The zero-order valence-corrected chi connectivity index (χ0v) is 15.0. The molecule has 1 heterocycles. The van der Waals surface area contributed by atoms with E-state index in [2.05, 4.69) is 0 Å². The van der Waals surface area contributed by atoms with Gasteiger partial charge >= 0.3 is 12.3 Å². The molecule has 1 aliphatic heterocycles. The number of aliphatic hydroxyl groups excluding tert-OH is 1. The fraction of sp³-hybridized carbons (Fsp3) is 0.611. The van der Waals surface area contributed by atoms with Crippen LogP contribution < -0.4 is 10.5 Å². The van der Waals surface area contributed by atoms with Gasteiger partial charge in [0, 0.05) is 13.1 Å². The summed E-state index contributed by atoms with van der Waals surface area (Å²) in [5.74, 6) is -1.28. The predicted octanol–water partition coefficient (Wildman–Crippen LogP) is 2.68. The summed E-state index contributed by atoms with van der Waals surface area (Å²) in [5.41, 5.74) is 3.96. The molecule has 0 bridgehead atoms. The first-order valence-electron chi connectivity index (χ1n) is 8.98. The van der Waals surface area contributed by atoms with Gasteiger partial charge in [-0.15, -0.1) is 0 Å². The number of hydrogen-bond acceptors (Lipinski definition) is 5. The Hall–Kier alpha value is -2.07. The predicted molar refractivity (Wildman–Crippen MR) is 90.1 cm³/mol. The van der Waals surface area contributed by atoms with Gasteiger partial charge in [-0.25, -0.2) is 9.18 Å². The van der Waals surface area contributed by atoms with Gasteiger partial charge in [-0.05, 0) is 43.9 Å². The molecule has 0 radical (unpaired) electrons. The van der Waals surface area contributed by atoms with Gasteiger partial charge in [-0.3, -0.25) is 0 Å². The molecular weight excluding hydrogens is 384 g/mol. The number of carbonyl (C=O) groups excluding carboxylic acids is 1. The quantitative estimate of drug-likeness (QED) is 0.751. The lowest BCUT2D eigenvalue weighted by Gasteiger charge is -2.46. The molecule has 3 N–H and O–H groups in total. The number of hydrogen-bond donors (Lipinski definition) is 2. The number of nitrogens with two attached hydrogens (primary N) is 1. The van der Waals surface area contributed by atoms with E-state index >= 15 is 0 Å². The number of alkyl halides is 3. The summed E-state index contributed by atoms with van der Waals surface area (Å²) in [5, 5.41) is 9.09. The highest BCUT2D eigenvalue weighted by molar-refractivity contribution is 5.69. The maximum Gasteiger partial charge on any atom is 0.416 e. The lowest BCUT2D eigenvalue weighted by molar-refractivity contribution is -0.137. The van der Waals surface area contributed by atoms with Crippen LogP contribution in [0.5, 0.6) is 5.75 Å². The first-order valence-corrected chi connectivity index (χ1v) is 8.98. The second kappa shape index (κ2) is 7.75. The van der Waals surface area contributed by atoms with E-state index in [0.29, 0.717) is 31.7 Å². The number of benzene rings is 1. The van der Waals surface area contributed by atoms with Gasteiger partial charge in [-0.2, -0.15) is 13.2 Å². The van der Waals surface area contributed by atoms with Crippen LogP contribution in [0.2, 0.25) is 0 Å². The van der Waals surface area contributed by atoms with Crippen LogP contribution in [-0.4, -0.2) is 53.5 Å². The van der Waals surface area contributed by atoms with Gasteiger partial charge < -0.3 is 25.2 Å². The number of aliphatic hydroxyl groups is 1. The monoisotopic (exact) mass is 406 g/mol.